The maximum atomic E-state index is 6.62. The highest BCUT2D eigenvalue weighted by atomic mass is 16.3. The van der Waals surface area contributed by atoms with Gasteiger partial charge in [-0.2, -0.15) is 0 Å². The third-order valence-corrected chi connectivity index (χ3v) is 15.5. The minimum Gasteiger partial charge on any atom is -0.455 e. The molecule has 13 rings (SSSR count). The summed E-state index contributed by atoms with van der Waals surface area (Å²) in [6.45, 7) is 4.79. The molecular formula is C50H49NO. The minimum absolute atomic E-state index is 0.145. The summed E-state index contributed by atoms with van der Waals surface area (Å²) in [5.74, 6) is 5.46. The van der Waals surface area contributed by atoms with E-state index in [2.05, 4.69) is 122 Å². The van der Waals surface area contributed by atoms with Crippen molar-refractivity contribution in [3.8, 4) is 11.1 Å². The summed E-state index contributed by atoms with van der Waals surface area (Å²) in [4.78, 5) is 2.53. The molecule has 0 radical (unpaired) electrons. The zero-order chi connectivity index (χ0) is 34.3. The van der Waals surface area contributed by atoms with Gasteiger partial charge in [-0.15, -0.1) is 0 Å². The predicted octanol–water partition coefficient (Wildman–Crippen LogP) is 13.7. The average molecular weight is 680 g/mol. The summed E-state index contributed by atoms with van der Waals surface area (Å²) in [6.07, 6.45) is 14.4. The molecule has 5 aromatic carbocycles. The van der Waals surface area contributed by atoms with Gasteiger partial charge in [-0.3, -0.25) is 0 Å². The molecule has 6 fully saturated rings. The van der Waals surface area contributed by atoms with Gasteiger partial charge < -0.3 is 9.32 Å². The van der Waals surface area contributed by atoms with Crippen molar-refractivity contribution in [2.24, 2.45) is 29.6 Å². The SMILES string of the molecule is CC1(C)c2cc(N(c3ccc(C4CC5CCC4C5)cc3)c3ccc(C45CC6CC(CC(C6)C4)C5)cc3)ccc2-c2c1ccc1c2oc2ccccc21. The maximum absolute atomic E-state index is 6.62. The van der Waals surface area contributed by atoms with Crippen molar-refractivity contribution in [2.75, 3.05) is 4.90 Å². The lowest BCUT2D eigenvalue weighted by molar-refractivity contribution is -0.00518. The van der Waals surface area contributed by atoms with E-state index in [1.165, 1.54) is 114 Å². The van der Waals surface area contributed by atoms with Crippen molar-refractivity contribution >= 4 is 39.0 Å². The first-order valence-corrected chi connectivity index (χ1v) is 20.5. The topological polar surface area (TPSA) is 16.4 Å². The standard InChI is InChI=1S/C50H49NO/c1-49(2)44-20-19-41-40-5-3-4-6-46(40)52-48(41)47(44)42-18-17-39(26-45(42)49)51(37-13-9-34(10-14-37)43-25-30-7-8-35(43)24-30)38-15-11-36(12-16-38)50-27-31-21-32(28-50)23-33(22-31)29-50/h3-6,9-20,26,30-33,35,43H,7-8,21-25,27-29H2,1-2H3. The second-order valence-electron chi connectivity index (χ2n) is 18.8. The van der Waals surface area contributed by atoms with Crippen molar-refractivity contribution in [3.05, 3.63) is 125 Å². The van der Waals surface area contributed by atoms with Gasteiger partial charge in [0, 0.05) is 38.8 Å². The van der Waals surface area contributed by atoms with Crippen LogP contribution < -0.4 is 4.90 Å². The predicted molar refractivity (Wildman–Crippen MR) is 214 cm³/mol. The van der Waals surface area contributed by atoms with Crippen LogP contribution in [-0.4, -0.2) is 0 Å². The third kappa shape index (κ3) is 4.24. The lowest BCUT2D eigenvalue weighted by Crippen LogP contribution is -2.48. The van der Waals surface area contributed by atoms with Gasteiger partial charge >= 0.3 is 0 Å². The molecule has 6 saturated carbocycles. The van der Waals surface area contributed by atoms with Crippen molar-refractivity contribution < 1.29 is 4.42 Å². The molecule has 0 aliphatic heterocycles. The number of para-hydroxylation sites is 1. The number of hydrogen-bond donors (Lipinski definition) is 0. The van der Waals surface area contributed by atoms with Crippen LogP contribution >= 0.6 is 0 Å². The molecule has 0 N–H and O–H groups in total. The molecule has 6 aromatic rings. The first-order valence-electron chi connectivity index (χ1n) is 20.5. The Labute approximate surface area is 308 Å². The number of fused-ring (bicyclic) bond motifs is 9. The lowest BCUT2D eigenvalue weighted by Gasteiger charge is -2.57. The number of furan rings is 1. The van der Waals surface area contributed by atoms with Gasteiger partial charge in [-0.05, 0) is 169 Å². The molecule has 52 heavy (non-hydrogen) atoms. The molecule has 1 aromatic heterocycles. The second-order valence-corrected chi connectivity index (χ2v) is 18.8. The molecule has 0 amide bonds. The van der Waals surface area contributed by atoms with E-state index in [1.54, 1.807) is 11.1 Å². The number of hydrogen-bond acceptors (Lipinski definition) is 2. The zero-order valence-corrected chi connectivity index (χ0v) is 30.7. The van der Waals surface area contributed by atoms with Gasteiger partial charge in [0.1, 0.15) is 11.2 Å². The fourth-order valence-corrected chi connectivity index (χ4v) is 13.5. The van der Waals surface area contributed by atoms with E-state index in [0.717, 1.165) is 46.7 Å². The first kappa shape index (κ1) is 30.2. The van der Waals surface area contributed by atoms with Crippen LogP contribution in [0, 0.1) is 29.6 Å². The molecule has 3 unspecified atom stereocenters. The Hall–Kier alpha value is -4.30. The van der Waals surface area contributed by atoms with Crippen LogP contribution in [0.15, 0.2) is 108 Å². The number of benzene rings is 5. The summed E-state index contributed by atoms with van der Waals surface area (Å²) in [6, 6.07) is 40.0. The van der Waals surface area contributed by atoms with E-state index in [9.17, 15) is 0 Å². The average Bonchev–Trinajstić information content (AvgIpc) is 3.93. The highest BCUT2D eigenvalue weighted by molar-refractivity contribution is 6.11. The zero-order valence-electron chi connectivity index (χ0n) is 30.7. The van der Waals surface area contributed by atoms with Crippen molar-refractivity contribution in [1.29, 1.82) is 0 Å². The van der Waals surface area contributed by atoms with E-state index >= 15 is 0 Å². The fourth-order valence-electron chi connectivity index (χ4n) is 13.5. The summed E-state index contributed by atoms with van der Waals surface area (Å²) in [5.41, 5.74) is 14.4. The smallest absolute Gasteiger partial charge is 0.143 e. The van der Waals surface area contributed by atoms with E-state index < -0.39 is 0 Å². The van der Waals surface area contributed by atoms with Crippen molar-refractivity contribution in [3.63, 3.8) is 0 Å². The van der Waals surface area contributed by atoms with Gasteiger partial charge in [-0.25, -0.2) is 0 Å². The van der Waals surface area contributed by atoms with Crippen LogP contribution in [0.4, 0.5) is 17.1 Å². The van der Waals surface area contributed by atoms with Crippen LogP contribution in [0.5, 0.6) is 0 Å². The molecule has 0 spiro atoms. The van der Waals surface area contributed by atoms with Gasteiger partial charge in [0.05, 0.1) is 0 Å². The maximum Gasteiger partial charge on any atom is 0.143 e. The molecule has 6 bridgehead atoms. The quantitative estimate of drug-likeness (QED) is 0.180. The van der Waals surface area contributed by atoms with Crippen LogP contribution in [-0.2, 0) is 10.8 Å². The Morgan fingerprint density at radius 3 is 1.98 bits per heavy atom. The third-order valence-electron chi connectivity index (χ3n) is 15.5. The summed E-state index contributed by atoms with van der Waals surface area (Å²) in [7, 11) is 0. The van der Waals surface area contributed by atoms with Gasteiger partial charge in [0.2, 0.25) is 0 Å². The lowest BCUT2D eigenvalue weighted by atomic mass is 9.48. The summed E-state index contributed by atoms with van der Waals surface area (Å²) < 4.78 is 6.62. The Kier molecular flexibility index (Phi) is 6.18. The van der Waals surface area contributed by atoms with Crippen LogP contribution in [0.1, 0.15) is 106 Å². The van der Waals surface area contributed by atoms with Gasteiger partial charge in [-0.1, -0.05) is 80.9 Å². The minimum atomic E-state index is -0.145. The number of nitrogens with zero attached hydrogens (tertiary/aromatic N) is 1. The highest BCUT2D eigenvalue weighted by Gasteiger charge is 2.51. The highest BCUT2D eigenvalue weighted by Crippen LogP contribution is 2.61. The summed E-state index contributed by atoms with van der Waals surface area (Å²) in [5, 5.41) is 2.40. The van der Waals surface area contributed by atoms with Crippen LogP contribution in [0.25, 0.3) is 33.1 Å². The van der Waals surface area contributed by atoms with Crippen LogP contribution in [0.2, 0.25) is 0 Å². The molecule has 2 heteroatoms. The Bertz CT molecular complexity index is 2360. The molecule has 0 saturated heterocycles. The monoisotopic (exact) mass is 679 g/mol. The molecule has 260 valence electrons. The summed E-state index contributed by atoms with van der Waals surface area (Å²) >= 11 is 0. The molecule has 7 aliphatic carbocycles. The largest absolute Gasteiger partial charge is 0.455 e. The van der Waals surface area contributed by atoms with E-state index in [0.29, 0.717) is 5.41 Å². The van der Waals surface area contributed by atoms with Crippen molar-refractivity contribution in [1.82, 2.24) is 0 Å². The molecule has 2 nitrogen and oxygen atoms in total. The van der Waals surface area contributed by atoms with E-state index in [-0.39, 0.29) is 5.41 Å². The number of anilines is 3. The van der Waals surface area contributed by atoms with Crippen molar-refractivity contribution in [2.45, 2.75) is 94.8 Å². The fraction of sp³-hybridized carbons (Fsp3) is 0.400. The van der Waals surface area contributed by atoms with E-state index in [1.807, 2.05) is 0 Å². The second kappa shape index (κ2) is 10.6. The van der Waals surface area contributed by atoms with Crippen LogP contribution in [0.3, 0.4) is 0 Å². The van der Waals surface area contributed by atoms with Gasteiger partial charge in [0.25, 0.3) is 0 Å². The molecule has 7 aliphatic rings. The first-order chi connectivity index (χ1) is 25.4. The normalized spacial score (nSPS) is 30.3. The Morgan fingerprint density at radius 2 is 1.29 bits per heavy atom. The molecule has 3 atom stereocenters. The van der Waals surface area contributed by atoms with E-state index in [4.69, 9.17) is 4.42 Å². The Balaban J connectivity index is 0.968. The molecule has 1 heterocycles. The Morgan fingerprint density at radius 1 is 0.596 bits per heavy atom. The van der Waals surface area contributed by atoms with Gasteiger partial charge in [0.15, 0.2) is 0 Å². The number of rotatable bonds is 5. The molecular weight excluding hydrogens is 631 g/mol.